The standard InChI is InChI=1S/C24H36O5/c1-5-20(4)29-24(26)21-14-15-22(19(3)18-21)27-16-12-10-8-7-9-11-13-17-28-23(25)6-2/h6,14-15,18,20H,2,5,7-13,16-17H2,1,3-4H3. The number of aryl methyl sites for hydroxylation is 1. The zero-order chi connectivity index (χ0) is 21.5. The summed E-state index contributed by atoms with van der Waals surface area (Å²) in [5.41, 5.74) is 1.51. The first-order valence-corrected chi connectivity index (χ1v) is 10.7. The molecule has 0 radical (unpaired) electrons. The van der Waals surface area contributed by atoms with Crippen LogP contribution in [0.15, 0.2) is 30.9 Å². The highest BCUT2D eigenvalue weighted by Gasteiger charge is 2.12. The van der Waals surface area contributed by atoms with Gasteiger partial charge in [-0.3, -0.25) is 0 Å². The van der Waals surface area contributed by atoms with Gasteiger partial charge in [-0.15, -0.1) is 0 Å². The molecule has 1 aromatic carbocycles. The van der Waals surface area contributed by atoms with Crippen molar-refractivity contribution in [1.29, 1.82) is 0 Å². The second-order valence-corrected chi connectivity index (χ2v) is 7.30. The Balaban J connectivity index is 2.13. The van der Waals surface area contributed by atoms with Crippen molar-refractivity contribution >= 4 is 11.9 Å². The fourth-order valence-corrected chi connectivity index (χ4v) is 2.77. The van der Waals surface area contributed by atoms with Crippen LogP contribution in [-0.4, -0.2) is 31.3 Å². The molecular weight excluding hydrogens is 368 g/mol. The second kappa shape index (κ2) is 14.7. The molecule has 162 valence electrons. The predicted molar refractivity (Wildman–Crippen MR) is 115 cm³/mol. The molecular formula is C24H36O5. The van der Waals surface area contributed by atoms with Gasteiger partial charge >= 0.3 is 11.9 Å². The molecule has 0 heterocycles. The number of benzene rings is 1. The monoisotopic (exact) mass is 404 g/mol. The molecule has 0 aromatic heterocycles. The lowest BCUT2D eigenvalue weighted by atomic mass is 10.1. The largest absolute Gasteiger partial charge is 0.493 e. The third-order valence-electron chi connectivity index (χ3n) is 4.75. The van der Waals surface area contributed by atoms with Gasteiger partial charge in [0.2, 0.25) is 0 Å². The summed E-state index contributed by atoms with van der Waals surface area (Å²) >= 11 is 0. The van der Waals surface area contributed by atoms with Crippen molar-refractivity contribution in [3.8, 4) is 5.75 Å². The first kappa shape index (κ1) is 24.7. The van der Waals surface area contributed by atoms with E-state index in [0.29, 0.717) is 18.8 Å². The summed E-state index contributed by atoms with van der Waals surface area (Å²) in [6.07, 6.45) is 9.55. The maximum Gasteiger partial charge on any atom is 0.338 e. The lowest BCUT2D eigenvalue weighted by molar-refractivity contribution is -0.137. The smallest absolute Gasteiger partial charge is 0.338 e. The van der Waals surface area contributed by atoms with Crippen LogP contribution >= 0.6 is 0 Å². The van der Waals surface area contributed by atoms with E-state index in [4.69, 9.17) is 14.2 Å². The minimum Gasteiger partial charge on any atom is -0.493 e. The highest BCUT2D eigenvalue weighted by molar-refractivity contribution is 5.90. The van der Waals surface area contributed by atoms with Gasteiger partial charge in [0.25, 0.3) is 0 Å². The van der Waals surface area contributed by atoms with Crippen molar-refractivity contribution in [2.45, 2.75) is 78.2 Å². The fourth-order valence-electron chi connectivity index (χ4n) is 2.77. The zero-order valence-corrected chi connectivity index (χ0v) is 18.2. The van der Waals surface area contributed by atoms with Crippen molar-refractivity contribution in [2.75, 3.05) is 13.2 Å². The number of carbonyl (C=O) groups is 2. The van der Waals surface area contributed by atoms with Crippen LogP contribution in [0.4, 0.5) is 0 Å². The number of rotatable bonds is 15. The normalized spacial score (nSPS) is 11.6. The molecule has 5 nitrogen and oxygen atoms in total. The Bertz CT molecular complexity index is 638. The van der Waals surface area contributed by atoms with Crippen LogP contribution in [0.3, 0.4) is 0 Å². The molecule has 1 unspecified atom stereocenters. The Kier molecular flexibility index (Phi) is 12.5. The maximum absolute atomic E-state index is 12.1. The van der Waals surface area contributed by atoms with Gasteiger partial charge in [0.15, 0.2) is 0 Å². The topological polar surface area (TPSA) is 61.8 Å². The third kappa shape index (κ3) is 10.7. The zero-order valence-electron chi connectivity index (χ0n) is 18.2. The van der Waals surface area contributed by atoms with E-state index in [9.17, 15) is 9.59 Å². The van der Waals surface area contributed by atoms with Gasteiger partial charge in [-0.2, -0.15) is 0 Å². The summed E-state index contributed by atoms with van der Waals surface area (Å²) in [7, 11) is 0. The van der Waals surface area contributed by atoms with Gasteiger partial charge in [0.1, 0.15) is 5.75 Å². The molecule has 1 rings (SSSR count). The summed E-state index contributed by atoms with van der Waals surface area (Å²) in [6, 6.07) is 5.44. The van der Waals surface area contributed by atoms with Crippen molar-refractivity contribution < 1.29 is 23.8 Å². The molecule has 1 aromatic rings. The molecule has 0 aliphatic heterocycles. The molecule has 0 aliphatic rings. The SMILES string of the molecule is C=CC(=O)OCCCCCCCCCOc1ccc(C(=O)OC(C)CC)cc1C. The third-order valence-corrected chi connectivity index (χ3v) is 4.75. The van der Waals surface area contributed by atoms with Crippen molar-refractivity contribution in [1.82, 2.24) is 0 Å². The number of hydrogen-bond donors (Lipinski definition) is 0. The molecule has 5 heteroatoms. The molecule has 1 atom stereocenters. The molecule has 0 spiro atoms. The van der Waals surface area contributed by atoms with E-state index in [1.807, 2.05) is 32.9 Å². The lowest BCUT2D eigenvalue weighted by Crippen LogP contribution is -2.14. The number of unbranched alkanes of at least 4 members (excludes halogenated alkanes) is 6. The molecule has 0 saturated carbocycles. The Morgan fingerprint density at radius 1 is 1.03 bits per heavy atom. The molecule has 0 aliphatic carbocycles. The van der Waals surface area contributed by atoms with Gasteiger partial charge in [-0.1, -0.05) is 45.6 Å². The second-order valence-electron chi connectivity index (χ2n) is 7.30. The van der Waals surface area contributed by atoms with Crippen LogP contribution in [0.25, 0.3) is 0 Å². The Morgan fingerprint density at radius 2 is 1.66 bits per heavy atom. The Labute approximate surface area is 175 Å². The van der Waals surface area contributed by atoms with E-state index < -0.39 is 0 Å². The Morgan fingerprint density at radius 3 is 2.24 bits per heavy atom. The van der Waals surface area contributed by atoms with Crippen LogP contribution < -0.4 is 4.74 Å². The quantitative estimate of drug-likeness (QED) is 0.210. The van der Waals surface area contributed by atoms with E-state index in [-0.39, 0.29) is 18.0 Å². The minimum atomic E-state index is -0.346. The van der Waals surface area contributed by atoms with Crippen LogP contribution in [0.2, 0.25) is 0 Å². The average Bonchev–Trinajstić information content (AvgIpc) is 2.72. The number of carbonyl (C=O) groups excluding carboxylic acids is 2. The lowest BCUT2D eigenvalue weighted by Gasteiger charge is -2.13. The average molecular weight is 405 g/mol. The maximum atomic E-state index is 12.1. The van der Waals surface area contributed by atoms with Crippen molar-refractivity contribution in [2.24, 2.45) is 0 Å². The molecule has 0 bridgehead atoms. The summed E-state index contributed by atoms with van der Waals surface area (Å²) in [4.78, 5) is 23.0. The first-order valence-electron chi connectivity index (χ1n) is 10.7. The fraction of sp³-hybridized carbons (Fsp3) is 0.583. The van der Waals surface area contributed by atoms with E-state index >= 15 is 0 Å². The molecule has 0 saturated heterocycles. The summed E-state index contributed by atoms with van der Waals surface area (Å²) < 4.78 is 16.2. The number of esters is 2. The van der Waals surface area contributed by atoms with E-state index in [1.165, 1.54) is 18.9 Å². The van der Waals surface area contributed by atoms with E-state index in [0.717, 1.165) is 49.8 Å². The van der Waals surface area contributed by atoms with E-state index in [2.05, 4.69) is 6.58 Å². The number of ether oxygens (including phenoxy) is 3. The summed E-state index contributed by atoms with van der Waals surface area (Å²) in [5.74, 6) is 0.188. The molecule has 29 heavy (non-hydrogen) atoms. The van der Waals surface area contributed by atoms with Gasteiger partial charge < -0.3 is 14.2 Å². The highest BCUT2D eigenvalue weighted by atomic mass is 16.5. The van der Waals surface area contributed by atoms with Gasteiger partial charge in [-0.25, -0.2) is 9.59 Å². The molecule has 0 N–H and O–H groups in total. The van der Waals surface area contributed by atoms with Crippen molar-refractivity contribution in [3.63, 3.8) is 0 Å². The number of hydrogen-bond acceptors (Lipinski definition) is 5. The van der Waals surface area contributed by atoms with Crippen molar-refractivity contribution in [3.05, 3.63) is 42.0 Å². The first-order chi connectivity index (χ1) is 14.0. The summed E-state index contributed by atoms with van der Waals surface area (Å²) in [6.45, 7) is 10.4. The minimum absolute atomic E-state index is 0.0754. The van der Waals surface area contributed by atoms with Crippen LogP contribution in [0.5, 0.6) is 5.75 Å². The van der Waals surface area contributed by atoms with Gasteiger partial charge in [-0.05, 0) is 56.9 Å². The summed E-state index contributed by atoms with van der Waals surface area (Å²) in [5, 5.41) is 0. The van der Waals surface area contributed by atoms with Gasteiger partial charge in [0, 0.05) is 6.08 Å². The van der Waals surface area contributed by atoms with Crippen LogP contribution in [0, 0.1) is 6.92 Å². The highest BCUT2D eigenvalue weighted by Crippen LogP contribution is 2.21. The predicted octanol–water partition coefficient (Wildman–Crippen LogP) is 5.79. The molecule has 0 amide bonds. The van der Waals surface area contributed by atoms with Gasteiger partial charge in [0.05, 0.1) is 24.9 Å². The van der Waals surface area contributed by atoms with E-state index in [1.54, 1.807) is 6.07 Å². The van der Waals surface area contributed by atoms with Crippen LogP contribution in [-0.2, 0) is 14.3 Å². The molecule has 0 fully saturated rings. The Hall–Kier alpha value is -2.30. The van der Waals surface area contributed by atoms with Crippen LogP contribution in [0.1, 0.15) is 81.1 Å².